The average Bonchev–Trinajstić information content (AvgIpc) is 2.17. The van der Waals surface area contributed by atoms with Crippen LogP contribution < -0.4 is 5.32 Å². The monoisotopic (exact) mass is 256 g/mol. The Kier molecular flexibility index (Phi) is 4.39. The van der Waals surface area contributed by atoms with Crippen LogP contribution in [0, 0.1) is 6.92 Å². The molecule has 0 aromatic carbocycles. The minimum atomic E-state index is 0.552. The lowest BCUT2D eigenvalue weighted by Gasteiger charge is -2.17. The Hall–Kier alpha value is -0.570. The summed E-state index contributed by atoms with van der Waals surface area (Å²) in [6.07, 6.45) is 2.29. The average molecular weight is 257 g/mol. The molecular weight excluding hydrogens is 240 g/mol. The lowest BCUT2D eigenvalue weighted by Crippen LogP contribution is -2.17. The minimum absolute atomic E-state index is 0.552. The zero-order valence-corrected chi connectivity index (χ0v) is 10.6. The maximum absolute atomic E-state index is 4.35. The van der Waals surface area contributed by atoms with E-state index in [1.165, 1.54) is 0 Å². The van der Waals surface area contributed by atoms with Gasteiger partial charge in [0.25, 0.3) is 0 Å². The summed E-state index contributed by atoms with van der Waals surface area (Å²) in [6.45, 7) is 6.42. The summed E-state index contributed by atoms with van der Waals surface area (Å²) in [4.78, 5) is 4.35. The highest BCUT2D eigenvalue weighted by atomic mass is 79.9. The highest BCUT2D eigenvalue weighted by molar-refractivity contribution is 9.10. The maximum Gasteiger partial charge on any atom is 0.106 e. The van der Waals surface area contributed by atoms with Crippen molar-refractivity contribution in [3.05, 3.63) is 22.4 Å². The van der Waals surface area contributed by atoms with Crippen LogP contribution in [-0.2, 0) is 0 Å². The number of aromatic nitrogens is 1. The van der Waals surface area contributed by atoms with Gasteiger partial charge in [0, 0.05) is 6.04 Å². The van der Waals surface area contributed by atoms with Crippen LogP contribution in [0.25, 0.3) is 0 Å². The van der Waals surface area contributed by atoms with Gasteiger partial charge in [-0.05, 0) is 47.8 Å². The first-order valence-corrected chi connectivity index (χ1v) is 5.86. The molecule has 0 aliphatic carbocycles. The standard InChI is InChI=1S/C11H17BrN2/c1-4-9(5-2)14-10-6-7-11(12)13-8(10)3/h6-7,9,14H,4-5H2,1-3H3. The van der Waals surface area contributed by atoms with Crippen LogP contribution >= 0.6 is 15.9 Å². The van der Waals surface area contributed by atoms with E-state index in [1.807, 2.05) is 13.0 Å². The van der Waals surface area contributed by atoms with E-state index < -0.39 is 0 Å². The second-order valence-electron chi connectivity index (χ2n) is 3.42. The third-order valence-corrected chi connectivity index (χ3v) is 2.84. The smallest absolute Gasteiger partial charge is 0.106 e. The predicted octanol–water partition coefficient (Wildman–Crippen LogP) is 3.75. The van der Waals surface area contributed by atoms with E-state index in [0.717, 1.165) is 28.8 Å². The molecule has 0 atom stereocenters. The summed E-state index contributed by atoms with van der Waals surface area (Å²) in [5, 5.41) is 3.49. The first-order chi connectivity index (χ1) is 6.67. The number of anilines is 1. The molecule has 0 fully saturated rings. The third kappa shape index (κ3) is 2.98. The molecule has 0 aliphatic rings. The van der Waals surface area contributed by atoms with Crippen molar-refractivity contribution in [2.24, 2.45) is 0 Å². The summed E-state index contributed by atoms with van der Waals surface area (Å²) in [5.41, 5.74) is 2.19. The van der Waals surface area contributed by atoms with Gasteiger partial charge in [-0.3, -0.25) is 0 Å². The fourth-order valence-electron chi connectivity index (χ4n) is 1.40. The number of nitrogens with zero attached hydrogens (tertiary/aromatic N) is 1. The van der Waals surface area contributed by atoms with Gasteiger partial charge < -0.3 is 5.32 Å². The van der Waals surface area contributed by atoms with Gasteiger partial charge in [-0.2, -0.15) is 0 Å². The van der Waals surface area contributed by atoms with Crippen LogP contribution in [0.15, 0.2) is 16.7 Å². The Morgan fingerprint density at radius 2 is 2.00 bits per heavy atom. The molecule has 0 aliphatic heterocycles. The van der Waals surface area contributed by atoms with E-state index in [4.69, 9.17) is 0 Å². The molecule has 1 aromatic rings. The maximum atomic E-state index is 4.35. The molecule has 1 aromatic heterocycles. The molecule has 1 N–H and O–H groups in total. The van der Waals surface area contributed by atoms with Crippen LogP contribution in [-0.4, -0.2) is 11.0 Å². The highest BCUT2D eigenvalue weighted by Crippen LogP contribution is 2.18. The molecule has 3 heteroatoms. The van der Waals surface area contributed by atoms with Crippen LogP contribution in [0.4, 0.5) is 5.69 Å². The summed E-state index contributed by atoms with van der Waals surface area (Å²) < 4.78 is 0.894. The highest BCUT2D eigenvalue weighted by Gasteiger charge is 2.05. The van der Waals surface area contributed by atoms with Crippen molar-refractivity contribution in [2.75, 3.05) is 5.32 Å². The molecule has 1 rings (SSSR count). The van der Waals surface area contributed by atoms with Gasteiger partial charge in [-0.15, -0.1) is 0 Å². The Morgan fingerprint density at radius 3 is 2.50 bits per heavy atom. The number of nitrogens with one attached hydrogen (secondary N) is 1. The van der Waals surface area contributed by atoms with Crippen molar-refractivity contribution in [3.63, 3.8) is 0 Å². The molecule has 0 unspecified atom stereocenters. The van der Waals surface area contributed by atoms with Crippen LogP contribution in [0.3, 0.4) is 0 Å². The quantitative estimate of drug-likeness (QED) is 0.831. The molecule has 14 heavy (non-hydrogen) atoms. The Labute approximate surface area is 94.3 Å². The van der Waals surface area contributed by atoms with Crippen molar-refractivity contribution < 1.29 is 0 Å². The molecule has 0 bridgehead atoms. The summed E-state index contributed by atoms with van der Waals surface area (Å²) in [5.74, 6) is 0. The van der Waals surface area contributed by atoms with E-state index in [1.54, 1.807) is 0 Å². The topological polar surface area (TPSA) is 24.9 Å². The van der Waals surface area contributed by atoms with Gasteiger partial charge in [0.05, 0.1) is 11.4 Å². The van der Waals surface area contributed by atoms with Crippen LogP contribution in [0.5, 0.6) is 0 Å². The van der Waals surface area contributed by atoms with Gasteiger partial charge in [0.1, 0.15) is 4.60 Å². The number of rotatable bonds is 4. The number of aryl methyl sites for hydroxylation is 1. The Balaban J connectivity index is 2.76. The van der Waals surface area contributed by atoms with Gasteiger partial charge >= 0.3 is 0 Å². The van der Waals surface area contributed by atoms with Gasteiger partial charge in [0.15, 0.2) is 0 Å². The van der Waals surface area contributed by atoms with E-state index in [-0.39, 0.29) is 0 Å². The molecule has 0 spiro atoms. The van der Waals surface area contributed by atoms with Crippen LogP contribution in [0.1, 0.15) is 32.4 Å². The molecule has 1 heterocycles. The van der Waals surface area contributed by atoms with E-state index >= 15 is 0 Å². The van der Waals surface area contributed by atoms with Crippen molar-refractivity contribution in [3.8, 4) is 0 Å². The van der Waals surface area contributed by atoms with E-state index in [2.05, 4.69) is 46.1 Å². The van der Waals surface area contributed by atoms with E-state index in [9.17, 15) is 0 Å². The van der Waals surface area contributed by atoms with Crippen molar-refractivity contribution in [1.82, 2.24) is 4.98 Å². The van der Waals surface area contributed by atoms with Crippen molar-refractivity contribution >= 4 is 21.6 Å². The predicted molar refractivity (Wildman–Crippen MR) is 64.7 cm³/mol. The third-order valence-electron chi connectivity index (χ3n) is 2.40. The fourth-order valence-corrected chi connectivity index (χ4v) is 1.79. The van der Waals surface area contributed by atoms with Gasteiger partial charge in [0.2, 0.25) is 0 Å². The Morgan fingerprint density at radius 1 is 1.36 bits per heavy atom. The van der Waals surface area contributed by atoms with Gasteiger partial charge in [-0.1, -0.05) is 13.8 Å². The molecule has 78 valence electrons. The normalized spacial score (nSPS) is 10.6. The number of pyridine rings is 1. The van der Waals surface area contributed by atoms with Crippen molar-refractivity contribution in [1.29, 1.82) is 0 Å². The summed E-state index contributed by atoms with van der Waals surface area (Å²) >= 11 is 3.36. The molecule has 0 saturated heterocycles. The lowest BCUT2D eigenvalue weighted by molar-refractivity contribution is 0.670. The summed E-state index contributed by atoms with van der Waals surface area (Å²) in [7, 11) is 0. The summed E-state index contributed by atoms with van der Waals surface area (Å²) in [6, 6.07) is 4.60. The number of hydrogen-bond acceptors (Lipinski definition) is 2. The molecule has 0 saturated carbocycles. The lowest BCUT2D eigenvalue weighted by atomic mass is 10.1. The second-order valence-corrected chi connectivity index (χ2v) is 4.24. The second kappa shape index (κ2) is 5.35. The largest absolute Gasteiger partial charge is 0.381 e. The molecule has 2 nitrogen and oxygen atoms in total. The van der Waals surface area contributed by atoms with Gasteiger partial charge in [-0.25, -0.2) is 4.98 Å². The minimum Gasteiger partial charge on any atom is -0.381 e. The molecular formula is C11H17BrN2. The fraction of sp³-hybridized carbons (Fsp3) is 0.545. The van der Waals surface area contributed by atoms with Crippen LogP contribution in [0.2, 0.25) is 0 Å². The SMILES string of the molecule is CCC(CC)Nc1ccc(Br)nc1C. The molecule has 0 radical (unpaired) electrons. The van der Waals surface area contributed by atoms with E-state index in [0.29, 0.717) is 6.04 Å². The number of halogens is 1. The first-order valence-electron chi connectivity index (χ1n) is 5.07. The first kappa shape index (κ1) is 11.5. The zero-order valence-electron chi connectivity index (χ0n) is 8.97. The molecule has 0 amide bonds. The number of hydrogen-bond donors (Lipinski definition) is 1. The van der Waals surface area contributed by atoms with Crippen molar-refractivity contribution in [2.45, 2.75) is 39.7 Å². The Bertz CT molecular complexity index is 295. The zero-order chi connectivity index (χ0) is 10.6.